The molecule has 0 aromatic heterocycles. The third-order valence-corrected chi connectivity index (χ3v) is 8.91. The second-order valence-corrected chi connectivity index (χ2v) is 13.2. The van der Waals surface area contributed by atoms with Crippen molar-refractivity contribution in [3.8, 4) is 0 Å². The van der Waals surface area contributed by atoms with Crippen molar-refractivity contribution < 1.29 is 23.2 Å². The minimum absolute atomic E-state index is 0.0621. The molecule has 6 nitrogen and oxygen atoms in total. The standard InChI is InChI=1S/C19H32O3S.C16H35NO2/c1-2-3-4-5-6-7-8-9-10-11-12-15-18-16-13-14-17-19(18)23(20,21)22;1-2-3-4-5-6-7-8-9-10-11-12-17(13-15-18)14-16-19/h13-14,16-17H,2-12,15H2,1H3,(H,20,21,22);18-19H,2-16H2,1H3. The Hall–Kier alpha value is -0.990. The number of rotatable bonds is 28. The maximum atomic E-state index is 11.3. The predicted molar refractivity (Wildman–Crippen MR) is 179 cm³/mol. The summed E-state index contributed by atoms with van der Waals surface area (Å²) in [6.07, 6.45) is 28.3. The number of aryl methyl sites for hydroxylation is 1. The lowest BCUT2D eigenvalue weighted by Crippen LogP contribution is -2.30. The monoisotopic (exact) mass is 613 g/mol. The summed E-state index contributed by atoms with van der Waals surface area (Å²) in [6, 6.07) is 6.73. The van der Waals surface area contributed by atoms with E-state index in [0.717, 1.165) is 24.9 Å². The van der Waals surface area contributed by atoms with Gasteiger partial charge >= 0.3 is 0 Å². The summed E-state index contributed by atoms with van der Waals surface area (Å²) in [7, 11) is -4.10. The molecule has 42 heavy (non-hydrogen) atoms. The van der Waals surface area contributed by atoms with Crippen LogP contribution in [-0.2, 0) is 16.5 Å². The van der Waals surface area contributed by atoms with Crippen molar-refractivity contribution in [1.29, 1.82) is 0 Å². The summed E-state index contributed by atoms with van der Waals surface area (Å²) in [5.74, 6) is 0. The number of unbranched alkanes of at least 4 members (excludes halogenated alkanes) is 19. The molecule has 0 amide bonds. The van der Waals surface area contributed by atoms with E-state index in [-0.39, 0.29) is 18.1 Å². The summed E-state index contributed by atoms with van der Waals surface area (Å²) in [5.41, 5.74) is 0.728. The number of aliphatic hydroxyl groups excluding tert-OH is 2. The lowest BCUT2D eigenvalue weighted by molar-refractivity contribution is 0.159. The van der Waals surface area contributed by atoms with Crippen LogP contribution >= 0.6 is 0 Å². The van der Waals surface area contributed by atoms with E-state index in [4.69, 9.17) is 10.2 Å². The smallest absolute Gasteiger partial charge is 0.294 e. The Labute approximate surface area is 260 Å². The molecule has 0 bridgehead atoms. The molecule has 0 aliphatic carbocycles. The maximum Gasteiger partial charge on any atom is 0.294 e. The molecule has 0 aliphatic heterocycles. The number of nitrogens with zero attached hydrogens (tertiary/aromatic N) is 1. The molecule has 248 valence electrons. The number of hydrogen-bond acceptors (Lipinski definition) is 5. The van der Waals surface area contributed by atoms with Gasteiger partial charge in [-0.15, -0.1) is 0 Å². The van der Waals surface area contributed by atoms with Crippen LogP contribution in [0.4, 0.5) is 0 Å². The first kappa shape index (κ1) is 41.0. The van der Waals surface area contributed by atoms with Crippen molar-refractivity contribution in [2.45, 2.75) is 160 Å². The van der Waals surface area contributed by atoms with Crippen LogP contribution in [0.2, 0.25) is 0 Å². The SMILES string of the molecule is CCCCCCCCCCCCCc1ccccc1S(=O)(=O)O.CCCCCCCCCCCCN(CCO)CCO. The minimum Gasteiger partial charge on any atom is -0.395 e. The van der Waals surface area contributed by atoms with Gasteiger partial charge in [-0.25, -0.2) is 0 Å². The highest BCUT2D eigenvalue weighted by molar-refractivity contribution is 7.85. The largest absolute Gasteiger partial charge is 0.395 e. The molecule has 0 saturated carbocycles. The molecule has 0 heterocycles. The molecule has 1 rings (SSSR count). The van der Waals surface area contributed by atoms with Crippen molar-refractivity contribution in [3.63, 3.8) is 0 Å². The van der Waals surface area contributed by atoms with Crippen LogP contribution in [0.15, 0.2) is 29.2 Å². The number of aliphatic hydroxyl groups is 2. The van der Waals surface area contributed by atoms with Gasteiger partial charge in [0.15, 0.2) is 0 Å². The van der Waals surface area contributed by atoms with Crippen LogP contribution in [0.5, 0.6) is 0 Å². The molecule has 0 unspecified atom stereocenters. The van der Waals surface area contributed by atoms with Gasteiger partial charge in [0.2, 0.25) is 0 Å². The van der Waals surface area contributed by atoms with Crippen molar-refractivity contribution >= 4 is 10.1 Å². The van der Waals surface area contributed by atoms with Crippen LogP contribution < -0.4 is 0 Å². The average molecular weight is 614 g/mol. The van der Waals surface area contributed by atoms with Crippen molar-refractivity contribution in [2.24, 2.45) is 0 Å². The van der Waals surface area contributed by atoms with Crippen LogP contribution in [0, 0.1) is 0 Å². The normalized spacial score (nSPS) is 11.6. The van der Waals surface area contributed by atoms with Crippen LogP contribution in [0.3, 0.4) is 0 Å². The Balaban J connectivity index is 0.000000817. The maximum absolute atomic E-state index is 11.3. The van der Waals surface area contributed by atoms with E-state index >= 15 is 0 Å². The van der Waals surface area contributed by atoms with Crippen molar-refractivity contribution in [1.82, 2.24) is 4.90 Å². The van der Waals surface area contributed by atoms with E-state index < -0.39 is 10.1 Å². The van der Waals surface area contributed by atoms with Gasteiger partial charge in [0, 0.05) is 13.1 Å². The molecule has 0 saturated heterocycles. The van der Waals surface area contributed by atoms with Gasteiger partial charge in [-0.05, 0) is 37.4 Å². The van der Waals surface area contributed by atoms with Crippen LogP contribution in [0.25, 0.3) is 0 Å². The summed E-state index contributed by atoms with van der Waals surface area (Å²) in [6.45, 7) is 7.29. The molecule has 7 heteroatoms. The minimum atomic E-state index is -4.10. The van der Waals surface area contributed by atoms with Crippen LogP contribution in [-0.4, -0.2) is 60.9 Å². The van der Waals surface area contributed by atoms with Gasteiger partial charge in [0.25, 0.3) is 10.1 Å². The Morgan fingerprint density at radius 2 is 0.929 bits per heavy atom. The van der Waals surface area contributed by atoms with Gasteiger partial charge in [-0.1, -0.05) is 154 Å². The fraction of sp³-hybridized carbons (Fsp3) is 0.829. The molecule has 0 fully saturated rings. The molecule has 1 aromatic carbocycles. The number of benzene rings is 1. The molecule has 0 atom stereocenters. The fourth-order valence-corrected chi connectivity index (χ4v) is 6.13. The van der Waals surface area contributed by atoms with E-state index in [9.17, 15) is 13.0 Å². The van der Waals surface area contributed by atoms with Gasteiger partial charge in [-0.3, -0.25) is 9.45 Å². The highest BCUT2D eigenvalue weighted by atomic mass is 32.2. The Kier molecular flexibility index (Phi) is 29.3. The average Bonchev–Trinajstić information content (AvgIpc) is 2.97. The van der Waals surface area contributed by atoms with E-state index in [1.54, 1.807) is 12.1 Å². The zero-order chi connectivity index (χ0) is 31.2. The van der Waals surface area contributed by atoms with Crippen LogP contribution in [0.1, 0.15) is 154 Å². The summed E-state index contributed by atoms with van der Waals surface area (Å²) >= 11 is 0. The van der Waals surface area contributed by atoms with E-state index in [1.165, 1.54) is 128 Å². The Morgan fingerprint density at radius 3 is 1.33 bits per heavy atom. The zero-order valence-corrected chi connectivity index (χ0v) is 28.2. The first-order chi connectivity index (χ1) is 20.4. The fourth-order valence-electron chi connectivity index (χ4n) is 5.38. The molecular weight excluding hydrogens is 546 g/mol. The first-order valence-electron chi connectivity index (χ1n) is 17.4. The third kappa shape index (κ3) is 25.5. The lowest BCUT2D eigenvalue weighted by Gasteiger charge is -2.19. The Morgan fingerprint density at radius 1 is 0.548 bits per heavy atom. The summed E-state index contributed by atoms with van der Waals surface area (Å²) in [4.78, 5) is 2.21. The van der Waals surface area contributed by atoms with E-state index in [2.05, 4.69) is 18.7 Å². The summed E-state index contributed by atoms with van der Waals surface area (Å²) < 4.78 is 31.8. The molecular formula is C35H67NO5S. The summed E-state index contributed by atoms with van der Waals surface area (Å²) in [5, 5.41) is 17.8. The second-order valence-electron chi connectivity index (χ2n) is 11.8. The van der Waals surface area contributed by atoms with Gasteiger partial charge in [0.05, 0.1) is 18.1 Å². The van der Waals surface area contributed by atoms with Crippen molar-refractivity contribution in [3.05, 3.63) is 29.8 Å². The van der Waals surface area contributed by atoms with Gasteiger partial charge in [-0.2, -0.15) is 8.42 Å². The lowest BCUT2D eigenvalue weighted by atomic mass is 10.0. The zero-order valence-electron chi connectivity index (χ0n) is 27.4. The number of hydrogen-bond donors (Lipinski definition) is 3. The van der Waals surface area contributed by atoms with E-state index in [1.807, 2.05) is 6.07 Å². The highest BCUT2D eigenvalue weighted by Gasteiger charge is 2.13. The quantitative estimate of drug-likeness (QED) is 0.0644. The molecule has 0 spiro atoms. The van der Waals surface area contributed by atoms with Gasteiger partial charge < -0.3 is 10.2 Å². The molecule has 3 N–H and O–H groups in total. The topological polar surface area (TPSA) is 98.1 Å². The van der Waals surface area contributed by atoms with Crippen molar-refractivity contribution in [2.75, 3.05) is 32.8 Å². The highest BCUT2D eigenvalue weighted by Crippen LogP contribution is 2.19. The predicted octanol–water partition coefficient (Wildman–Crippen LogP) is 8.98. The molecule has 0 radical (unpaired) electrons. The molecule has 1 aromatic rings. The molecule has 0 aliphatic rings. The third-order valence-electron chi connectivity index (χ3n) is 7.96. The van der Waals surface area contributed by atoms with E-state index in [0.29, 0.717) is 19.5 Å². The Bertz CT molecular complexity index is 796. The second kappa shape index (κ2) is 30.1. The first-order valence-corrected chi connectivity index (χ1v) is 18.8. The van der Waals surface area contributed by atoms with Gasteiger partial charge in [0.1, 0.15) is 0 Å².